The number of amides is 1. The minimum Gasteiger partial charge on any atom is -0.381 e. The summed E-state index contributed by atoms with van der Waals surface area (Å²) in [5.74, 6) is 0.320. The predicted octanol–water partition coefficient (Wildman–Crippen LogP) is 3.30. The molecule has 0 atom stereocenters. The monoisotopic (exact) mass is 431 g/mol. The van der Waals surface area contributed by atoms with Gasteiger partial charge in [0.15, 0.2) is 0 Å². The van der Waals surface area contributed by atoms with E-state index in [4.69, 9.17) is 10.5 Å². The van der Waals surface area contributed by atoms with E-state index in [0.29, 0.717) is 12.4 Å². The quantitative estimate of drug-likeness (QED) is 0.481. The Morgan fingerprint density at radius 2 is 1.78 bits per heavy atom. The Morgan fingerprint density at radius 1 is 1.03 bits per heavy atom. The fourth-order valence-electron chi connectivity index (χ4n) is 3.70. The third-order valence-electron chi connectivity index (χ3n) is 5.41. The first-order valence-electron chi connectivity index (χ1n) is 10.9. The van der Waals surface area contributed by atoms with Crippen LogP contribution in [0.4, 0.5) is 17.2 Å². The Hall–Kier alpha value is -3.42. The topological polar surface area (TPSA) is 92.5 Å². The van der Waals surface area contributed by atoms with E-state index >= 15 is 0 Å². The lowest BCUT2D eigenvalue weighted by atomic mass is 10.1. The lowest BCUT2D eigenvalue weighted by Gasteiger charge is -2.26. The molecule has 32 heavy (non-hydrogen) atoms. The smallest absolute Gasteiger partial charge is 0.221 e. The number of pyridine rings is 1. The zero-order valence-electron chi connectivity index (χ0n) is 18.1. The Labute approximate surface area is 188 Å². The van der Waals surface area contributed by atoms with Crippen molar-refractivity contribution in [2.45, 2.75) is 19.5 Å². The second-order valence-electron chi connectivity index (χ2n) is 7.92. The van der Waals surface area contributed by atoms with E-state index in [1.54, 1.807) is 6.20 Å². The predicted molar refractivity (Wildman–Crippen MR) is 127 cm³/mol. The number of ether oxygens (including phenoxy) is 1. The van der Waals surface area contributed by atoms with Crippen molar-refractivity contribution in [1.82, 2.24) is 9.88 Å². The molecule has 2 heterocycles. The molecule has 1 fully saturated rings. The fourth-order valence-corrected chi connectivity index (χ4v) is 3.70. The van der Waals surface area contributed by atoms with Crippen LogP contribution in [0, 0.1) is 0 Å². The number of hydrogen-bond donors (Lipinski definition) is 3. The third-order valence-corrected chi connectivity index (χ3v) is 5.41. The molecule has 0 radical (unpaired) electrons. The Morgan fingerprint density at radius 3 is 2.50 bits per heavy atom. The second-order valence-corrected chi connectivity index (χ2v) is 7.92. The normalized spacial score (nSPS) is 14.1. The average molecular weight is 432 g/mol. The summed E-state index contributed by atoms with van der Waals surface area (Å²) >= 11 is 0. The van der Waals surface area contributed by atoms with Crippen LogP contribution in [0.25, 0.3) is 0 Å². The van der Waals surface area contributed by atoms with Crippen LogP contribution in [0.15, 0.2) is 66.9 Å². The number of benzene rings is 2. The molecule has 1 aliphatic heterocycles. The fraction of sp³-hybridized carbons (Fsp3) is 0.280. The molecular weight excluding hydrogens is 402 g/mol. The number of nitrogens with two attached hydrogens (primary N) is 1. The van der Waals surface area contributed by atoms with Gasteiger partial charge in [-0.1, -0.05) is 42.5 Å². The lowest BCUT2D eigenvalue weighted by molar-refractivity contribution is -0.117. The highest BCUT2D eigenvalue weighted by Gasteiger charge is 2.11. The van der Waals surface area contributed by atoms with Crippen LogP contribution in [0.1, 0.15) is 16.7 Å². The first-order chi connectivity index (χ1) is 15.7. The van der Waals surface area contributed by atoms with E-state index < -0.39 is 0 Å². The summed E-state index contributed by atoms with van der Waals surface area (Å²) in [6.45, 7) is 5.12. The molecule has 1 aliphatic rings. The van der Waals surface area contributed by atoms with Gasteiger partial charge < -0.3 is 21.1 Å². The number of nitrogens with one attached hydrogen (secondary N) is 2. The van der Waals surface area contributed by atoms with Crippen molar-refractivity contribution in [1.29, 1.82) is 0 Å². The molecular formula is C25H29N5O2. The average Bonchev–Trinajstić information content (AvgIpc) is 2.81. The maximum atomic E-state index is 11.5. The molecule has 4 rings (SSSR count). The van der Waals surface area contributed by atoms with E-state index in [0.717, 1.165) is 55.3 Å². The van der Waals surface area contributed by atoms with E-state index in [2.05, 4.69) is 56.9 Å². The Kier molecular flexibility index (Phi) is 7.32. The van der Waals surface area contributed by atoms with Crippen molar-refractivity contribution in [3.05, 3.63) is 83.6 Å². The van der Waals surface area contributed by atoms with Crippen LogP contribution >= 0.6 is 0 Å². The largest absolute Gasteiger partial charge is 0.381 e. The SMILES string of the molecule is NC(=O)Cc1cnc(Nc2ccc(CN3CCOCC3)cc2)cc1NCc1ccccc1. The van der Waals surface area contributed by atoms with Gasteiger partial charge in [0.1, 0.15) is 5.82 Å². The number of primary amides is 1. The van der Waals surface area contributed by atoms with E-state index in [9.17, 15) is 4.79 Å². The van der Waals surface area contributed by atoms with Crippen LogP contribution < -0.4 is 16.4 Å². The second kappa shape index (κ2) is 10.7. The third kappa shape index (κ3) is 6.29. The number of nitrogens with zero attached hydrogens (tertiary/aromatic N) is 2. The van der Waals surface area contributed by atoms with Gasteiger partial charge in [-0.15, -0.1) is 0 Å². The van der Waals surface area contributed by atoms with Gasteiger partial charge in [-0.2, -0.15) is 0 Å². The molecule has 7 heteroatoms. The highest BCUT2D eigenvalue weighted by molar-refractivity contribution is 5.79. The minimum absolute atomic E-state index is 0.140. The summed E-state index contributed by atoms with van der Waals surface area (Å²) in [4.78, 5) is 18.4. The van der Waals surface area contributed by atoms with Gasteiger partial charge in [-0.05, 0) is 23.3 Å². The molecule has 7 nitrogen and oxygen atoms in total. The van der Waals surface area contributed by atoms with Crippen molar-refractivity contribution in [2.24, 2.45) is 5.73 Å². The van der Waals surface area contributed by atoms with Gasteiger partial charge in [0, 0.05) is 55.4 Å². The molecule has 0 aliphatic carbocycles. The molecule has 1 amide bonds. The molecule has 166 valence electrons. The molecule has 0 saturated carbocycles. The number of rotatable bonds is 9. The standard InChI is InChI=1S/C25H29N5O2/c26-24(31)14-21-17-28-25(15-23(21)27-16-19-4-2-1-3-5-19)29-22-8-6-20(7-9-22)18-30-10-12-32-13-11-30/h1-9,15,17H,10-14,16,18H2,(H2,26,31)(H2,27,28,29). The van der Waals surface area contributed by atoms with Crippen molar-refractivity contribution >= 4 is 23.1 Å². The zero-order chi connectivity index (χ0) is 22.2. The van der Waals surface area contributed by atoms with Gasteiger partial charge in [0.2, 0.25) is 5.91 Å². The summed E-state index contributed by atoms with van der Waals surface area (Å²) in [5.41, 5.74) is 10.4. The maximum Gasteiger partial charge on any atom is 0.221 e. The van der Waals surface area contributed by atoms with E-state index in [1.165, 1.54) is 5.56 Å². The van der Waals surface area contributed by atoms with Gasteiger partial charge in [-0.25, -0.2) is 4.98 Å². The van der Waals surface area contributed by atoms with Gasteiger partial charge in [-0.3, -0.25) is 9.69 Å². The highest BCUT2D eigenvalue weighted by Crippen LogP contribution is 2.23. The lowest BCUT2D eigenvalue weighted by Crippen LogP contribution is -2.35. The summed E-state index contributed by atoms with van der Waals surface area (Å²) in [7, 11) is 0. The number of morpholine rings is 1. The molecule has 1 aromatic heterocycles. The van der Waals surface area contributed by atoms with Crippen LogP contribution in [0.3, 0.4) is 0 Å². The Bertz CT molecular complexity index is 1020. The van der Waals surface area contributed by atoms with Gasteiger partial charge in [0.25, 0.3) is 0 Å². The van der Waals surface area contributed by atoms with Crippen LogP contribution in [-0.2, 0) is 29.0 Å². The number of carbonyl (C=O) groups excluding carboxylic acids is 1. The summed E-state index contributed by atoms with van der Waals surface area (Å²) in [6.07, 6.45) is 1.84. The molecule has 0 bridgehead atoms. The van der Waals surface area contributed by atoms with Crippen molar-refractivity contribution in [3.8, 4) is 0 Å². The number of carbonyl (C=O) groups is 1. The number of aromatic nitrogens is 1. The van der Waals surface area contributed by atoms with Crippen LogP contribution in [0.2, 0.25) is 0 Å². The molecule has 4 N–H and O–H groups in total. The maximum absolute atomic E-state index is 11.5. The van der Waals surface area contributed by atoms with Crippen LogP contribution in [-0.4, -0.2) is 42.1 Å². The molecule has 3 aromatic rings. The molecule has 2 aromatic carbocycles. The van der Waals surface area contributed by atoms with Gasteiger partial charge in [0.05, 0.1) is 19.6 Å². The van der Waals surface area contributed by atoms with E-state index in [-0.39, 0.29) is 12.3 Å². The number of hydrogen-bond acceptors (Lipinski definition) is 6. The molecule has 0 spiro atoms. The highest BCUT2D eigenvalue weighted by atomic mass is 16.5. The van der Waals surface area contributed by atoms with Crippen molar-refractivity contribution in [2.75, 3.05) is 36.9 Å². The first-order valence-corrected chi connectivity index (χ1v) is 10.9. The van der Waals surface area contributed by atoms with Crippen molar-refractivity contribution in [3.63, 3.8) is 0 Å². The number of anilines is 3. The first kappa shape index (κ1) is 21.8. The Balaban J connectivity index is 1.43. The summed E-state index contributed by atoms with van der Waals surface area (Å²) < 4.78 is 5.42. The molecule has 0 unspecified atom stereocenters. The van der Waals surface area contributed by atoms with Gasteiger partial charge >= 0.3 is 0 Å². The minimum atomic E-state index is -0.383. The molecule has 1 saturated heterocycles. The van der Waals surface area contributed by atoms with Crippen LogP contribution in [0.5, 0.6) is 0 Å². The van der Waals surface area contributed by atoms with Crippen molar-refractivity contribution < 1.29 is 9.53 Å². The van der Waals surface area contributed by atoms with E-state index in [1.807, 2.05) is 24.3 Å². The summed E-state index contributed by atoms with van der Waals surface area (Å²) in [5, 5.41) is 6.77. The zero-order valence-corrected chi connectivity index (χ0v) is 18.1. The summed E-state index contributed by atoms with van der Waals surface area (Å²) in [6, 6.07) is 20.4.